The highest BCUT2D eigenvalue weighted by molar-refractivity contribution is 6.60. The molecule has 0 unspecified atom stereocenters. The molecule has 0 spiro atoms. The third kappa shape index (κ3) is 9.07. The molecule has 0 heterocycles. The lowest BCUT2D eigenvalue weighted by molar-refractivity contribution is 0.00277. The zero-order chi connectivity index (χ0) is 24.5. The van der Waals surface area contributed by atoms with Gasteiger partial charge in [0.2, 0.25) is 5.82 Å². The molecule has 0 aliphatic rings. The van der Waals surface area contributed by atoms with Gasteiger partial charge in [-0.05, 0) is 60.8 Å². The Kier molecular flexibility index (Phi) is 12.3. The van der Waals surface area contributed by atoms with Crippen molar-refractivity contribution in [2.24, 2.45) is 0 Å². The van der Waals surface area contributed by atoms with Crippen LogP contribution in [0.25, 0.3) is 0 Å². The van der Waals surface area contributed by atoms with Gasteiger partial charge in [-0.15, -0.1) is 0 Å². The van der Waals surface area contributed by atoms with Gasteiger partial charge in [-0.3, -0.25) is 0 Å². The molecule has 0 aliphatic carbocycles. The Morgan fingerprint density at radius 1 is 0.531 bits per heavy atom. The quantitative estimate of drug-likeness (QED) is 0.0849. The van der Waals surface area contributed by atoms with Crippen LogP contribution in [0.3, 0.4) is 0 Å². The maximum atomic E-state index is 13.7. The van der Waals surface area contributed by atoms with E-state index in [1.165, 1.54) is 0 Å². The van der Waals surface area contributed by atoms with Crippen molar-refractivity contribution in [1.29, 1.82) is 0 Å². The number of benzene rings is 1. The predicted octanol–water partition coefficient (Wildman–Crippen LogP) is 7.48. The van der Waals surface area contributed by atoms with Crippen molar-refractivity contribution in [2.45, 2.75) is 111 Å². The minimum atomic E-state index is -2.82. The number of unbranched alkanes of at least 4 members (excludes halogenated alkanes) is 5. The van der Waals surface area contributed by atoms with Crippen LogP contribution in [0.4, 0.5) is 22.0 Å². The number of hydrogen-bond donors (Lipinski definition) is 0. The SMILES string of the molecule is CC(C)O[Si](CCCCCCCCc1c(F)c(F)c(F)c(F)c1F)(OC(C)C)OC(C)C. The standard InChI is InChI=1S/C23H37F5O3Si/c1-15(2)29-32(30-16(3)4,31-17(5)6)14-12-10-8-7-9-11-13-18-19(24)21(26)23(28)22(27)20(18)25/h15-17H,7-14H2,1-6H3. The highest BCUT2D eigenvalue weighted by Crippen LogP contribution is 2.26. The van der Waals surface area contributed by atoms with E-state index in [9.17, 15) is 22.0 Å². The van der Waals surface area contributed by atoms with Crippen LogP contribution in [0.15, 0.2) is 0 Å². The molecule has 0 radical (unpaired) electrons. The summed E-state index contributed by atoms with van der Waals surface area (Å²) in [5.41, 5.74) is -0.736. The smallest absolute Gasteiger partial charge is 0.371 e. The number of hydrogen-bond acceptors (Lipinski definition) is 3. The van der Waals surface area contributed by atoms with Crippen LogP contribution in [0, 0.1) is 29.1 Å². The molecule has 9 heteroatoms. The van der Waals surface area contributed by atoms with E-state index in [1.807, 2.05) is 41.5 Å². The van der Waals surface area contributed by atoms with Crippen molar-refractivity contribution in [3.05, 3.63) is 34.6 Å². The number of halogens is 5. The Labute approximate surface area is 190 Å². The molecule has 0 aliphatic heterocycles. The second-order valence-corrected chi connectivity index (χ2v) is 11.4. The van der Waals surface area contributed by atoms with E-state index >= 15 is 0 Å². The fourth-order valence-corrected chi connectivity index (χ4v) is 6.92. The Bertz CT molecular complexity index is 658. The van der Waals surface area contributed by atoms with Gasteiger partial charge in [-0.25, -0.2) is 22.0 Å². The van der Waals surface area contributed by atoms with E-state index in [0.29, 0.717) is 18.9 Å². The highest BCUT2D eigenvalue weighted by atomic mass is 28.4. The molecule has 0 bridgehead atoms. The summed E-state index contributed by atoms with van der Waals surface area (Å²) in [7, 11) is -2.82. The van der Waals surface area contributed by atoms with Gasteiger partial charge >= 0.3 is 8.80 Å². The van der Waals surface area contributed by atoms with Crippen LogP contribution in [-0.4, -0.2) is 27.1 Å². The highest BCUT2D eigenvalue weighted by Gasteiger charge is 2.43. The Balaban J connectivity index is 2.48. The molecule has 3 nitrogen and oxygen atoms in total. The van der Waals surface area contributed by atoms with Gasteiger partial charge in [-0.2, -0.15) is 0 Å². The largest absolute Gasteiger partial charge is 0.501 e. The average Bonchev–Trinajstić information content (AvgIpc) is 2.67. The fraction of sp³-hybridized carbons (Fsp3) is 0.739. The molecule has 1 aromatic rings. The van der Waals surface area contributed by atoms with Crippen LogP contribution in [0.5, 0.6) is 0 Å². The van der Waals surface area contributed by atoms with Crippen LogP contribution in [-0.2, 0) is 19.7 Å². The van der Waals surface area contributed by atoms with Gasteiger partial charge in [0, 0.05) is 29.9 Å². The molecular formula is C23H37F5O3Si. The van der Waals surface area contributed by atoms with E-state index in [1.54, 1.807) is 0 Å². The van der Waals surface area contributed by atoms with E-state index < -0.39 is 43.5 Å². The van der Waals surface area contributed by atoms with Crippen LogP contribution < -0.4 is 0 Å². The topological polar surface area (TPSA) is 27.7 Å². The molecule has 0 amide bonds. The molecule has 0 saturated carbocycles. The van der Waals surface area contributed by atoms with Gasteiger partial charge in [0.25, 0.3) is 0 Å². The Hall–Kier alpha value is -1.03. The summed E-state index contributed by atoms with van der Waals surface area (Å²) in [4.78, 5) is 0. The zero-order valence-corrected chi connectivity index (χ0v) is 21.0. The monoisotopic (exact) mass is 484 g/mol. The van der Waals surface area contributed by atoms with Crippen molar-refractivity contribution in [2.75, 3.05) is 0 Å². The van der Waals surface area contributed by atoms with Crippen LogP contribution in [0.1, 0.15) is 85.6 Å². The zero-order valence-electron chi connectivity index (χ0n) is 20.0. The summed E-state index contributed by atoms with van der Waals surface area (Å²) >= 11 is 0. The summed E-state index contributed by atoms with van der Waals surface area (Å²) in [6.07, 6.45) is 4.20. The third-order valence-corrected chi connectivity index (χ3v) is 8.16. The van der Waals surface area contributed by atoms with Gasteiger partial charge in [0.1, 0.15) is 0 Å². The van der Waals surface area contributed by atoms with Crippen molar-refractivity contribution in [1.82, 2.24) is 0 Å². The molecule has 0 atom stereocenters. The molecule has 32 heavy (non-hydrogen) atoms. The molecule has 0 aromatic heterocycles. The van der Waals surface area contributed by atoms with Gasteiger partial charge in [0.15, 0.2) is 23.3 Å². The van der Waals surface area contributed by atoms with Crippen molar-refractivity contribution in [3.63, 3.8) is 0 Å². The summed E-state index contributed by atoms with van der Waals surface area (Å²) in [6, 6.07) is 0.700. The molecule has 186 valence electrons. The van der Waals surface area contributed by atoms with E-state index in [4.69, 9.17) is 13.3 Å². The van der Waals surface area contributed by atoms with E-state index in [0.717, 1.165) is 25.7 Å². The summed E-state index contributed by atoms with van der Waals surface area (Å²) in [5, 5.41) is 0. The van der Waals surface area contributed by atoms with Crippen molar-refractivity contribution in [3.8, 4) is 0 Å². The minimum Gasteiger partial charge on any atom is -0.371 e. The number of rotatable bonds is 15. The Morgan fingerprint density at radius 3 is 1.28 bits per heavy atom. The van der Waals surface area contributed by atoms with Crippen LogP contribution >= 0.6 is 0 Å². The second-order valence-electron chi connectivity index (χ2n) is 8.85. The van der Waals surface area contributed by atoms with Gasteiger partial charge in [0.05, 0.1) is 0 Å². The van der Waals surface area contributed by atoms with Crippen molar-refractivity contribution < 1.29 is 35.2 Å². The lowest BCUT2D eigenvalue weighted by Crippen LogP contribution is -2.50. The fourth-order valence-electron chi connectivity index (χ4n) is 3.56. The molecule has 0 saturated heterocycles. The first kappa shape index (κ1) is 29.0. The summed E-state index contributed by atoms with van der Waals surface area (Å²) in [6.45, 7) is 11.7. The van der Waals surface area contributed by atoms with Gasteiger partial charge < -0.3 is 13.3 Å². The van der Waals surface area contributed by atoms with Crippen molar-refractivity contribution >= 4 is 8.80 Å². The second kappa shape index (κ2) is 13.6. The predicted molar refractivity (Wildman–Crippen MR) is 117 cm³/mol. The van der Waals surface area contributed by atoms with E-state index in [2.05, 4.69) is 0 Å². The molecule has 1 rings (SSSR count). The van der Waals surface area contributed by atoms with Gasteiger partial charge in [-0.1, -0.05) is 25.7 Å². The molecular weight excluding hydrogens is 447 g/mol. The lowest BCUT2D eigenvalue weighted by atomic mass is 10.0. The summed E-state index contributed by atoms with van der Waals surface area (Å²) in [5.74, 6) is -9.36. The molecule has 0 N–H and O–H groups in total. The first-order valence-electron chi connectivity index (χ1n) is 11.4. The lowest BCUT2D eigenvalue weighted by Gasteiger charge is -2.34. The molecule has 0 fully saturated rings. The molecule has 1 aromatic carbocycles. The normalized spacial score (nSPS) is 12.6. The first-order valence-corrected chi connectivity index (χ1v) is 13.4. The first-order chi connectivity index (χ1) is 14.9. The maximum absolute atomic E-state index is 13.7. The Morgan fingerprint density at radius 2 is 0.875 bits per heavy atom. The maximum Gasteiger partial charge on any atom is 0.501 e. The third-order valence-electron chi connectivity index (χ3n) is 4.71. The summed E-state index contributed by atoms with van der Waals surface area (Å²) < 4.78 is 85.5. The van der Waals surface area contributed by atoms with Crippen LogP contribution in [0.2, 0.25) is 6.04 Å². The average molecular weight is 485 g/mol. The minimum absolute atomic E-state index is 0.0129. The van der Waals surface area contributed by atoms with E-state index in [-0.39, 0.29) is 24.7 Å².